The molecule has 0 rings (SSSR count). The van der Waals surface area contributed by atoms with E-state index in [2.05, 4.69) is 19.7 Å². The molecule has 0 aromatic rings. The van der Waals surface area contributed by atoms with E-state index >= 15 is 0 Å². The fourth-order valence-corrected chi connectivity index (χ4v) is 0.131. The minimum Gasteiger partial charge on any atom is -0.249 e. The van der Waals surface area contributed by atoms with E-state index in [0.717, 1.165) is 0 Å². The zero-order chi connectivity index (χ0) is 7.33. The minimum absolute atomic E-state index is 1.20. The fraction of sp³-hybridized carbons (Fsp3) is 1.00. The molecule has 0 bridgehead atoms. The van der Waals surface area contributed by atoms with Crippen LogP contribution >= 0.6 is 0 Å². The van der Waals surface area contributed by atoms with Gasteiger partial charge in [0, 0.05) is 0 Å². The first-order chi connectivity index (χ1) is 4.12. The zero-order valence-electron chi connectivity index (χ0n) is 5.58. The van der Waals surface area contributed by atoms with E-state index in [9.17, 15) is 0 Å². The summed E-state index contributed by atoms with van der Waals surface area (Å²) < 4.78 is 0. The molecule has 0 heterocycles. The molecule has 56 valence electrons. The molecule has 0 aromatic carbocycles. The predicted octanol–water partition coefficient (Wildman–Crippen LogP) is 0.722. The van der Waals surface area contributed by atoms with Gasteiger partial charge in [0.25, 0.3) is 0 Å². The monoisotopic (exact) mass is 138 g/mol. The highest BCUT2D eigenvalue weighted by atomic mass is 17.5. The molecule has 5 heteroatoms. The van der Waals surface area contributed by atoms with Crippen LogP contribution in [0.5, 0.6) is 0 Å². The van der Waals surface area contributed by atoms with Gasteiger partial charge in [0.05, 0.1) is 7.11 Å². The Hall–Kier alpha value is -0.200. The molecular formula is C4H10O5. The Morgan fingerprint density at radius 3 is 2.22 bits per heavy atom. The summed E-state index contributed by atoms with van der Waals surface area (Å²) in [4.78, 5) is 12.2. The smallest absolute Gasteiger partial charge is 0.231 e. The minimum atomic E-state index is -1.20. The van der Waals surface area contributed by atoms with Crippen LogP contribution in [0.4, 0.5) is 0 Å². The Bertz CT molecular complexity index is 71.4. The average Bonchev–Trinajstić information content (AvgIpc) is 1.84. The molecule has 1 N–H and O–H groups in total. The fourth-order valence-electron chi connectivity index (χ4n) is 0.131. The van der Waals surface area contributed by atoms with Crippen LogP contribution in [0.25, 0.3) is 0 Å². The summed E-state index contributed by atoms with van der Waals surface area (Å²) in [5, 5.41) is 12.1. The van der Waals surface area contributed by atoms with Crippen LogP contribution in [0.3, 0.4) is 0 Å². The standard InChI is InChI=1S/C4H10O5/c1-4(2,7-5)8-9-6-3/h5H,1-3H3. The third-order valence-corrected chi connectivity index (χ3v) is 0.523. The van der Waals surface area contributed by atoms with Gasteiger partial charge < -0.3 is 0 Å². The molecule has 0 saturated heterocycles. The van der Waals surface area contributed by atoms with E-state index in [1.165, 1.54) is 21.0 Å². The van der Waals surface area contributed by atoms with Crippen molar-refractivity contribution >= 4 is 0 Å². The van der Waals surface area contributed by atoms with Crippen LogP contribution < -0.4 is 0 Å². The van der Waals surface area contributed by atoms with Gasteiger partial charge in [0.1, 0.15) is 0 Å². The number of rotatable bonds is 4. The highest BCUT2D eigenvalue weighted by Crippen LogP contribution is 2.08. The molecule has 5 nitrogen and oxygen atoms in total. The highest BCUT2D eigenvalue weighted by molar-refractivity contribution is 4.43. The van der Waals surface area contributed by atoms with Gasteiger partial charge in [-0.2, -0.15) is 4.89 Å². The Morgan fingerprint density at radius 2 is 1.89 bits per heavy atom. The van der Waals surface area contributed by atoms with Gasteiger partial charge in [-0.05, 0) is 13.8 Å². The molecule has 0 saturated carbocycles. The molecule has 0 fully saturated rings. The second-order valence-electron chi connectivity index (χ2n) is 1.81. The predicted molar refractivity (Wildman–Crippen MR) is 27.0 cm³/mol. The van der Waals surface area contributed by atoms with Crippen molar-refractivity contribution < 1.29 is 25.0 Å². The second-order valence-corrected chi connectivity index (χ2v) is 1.81. The molecule has 0 aliphatic carbocycles. The lowest BCUT2D eigenvalue weighted by atomic mass is 10.4. The quantitative estimate of drug-likeness (QED) is 0.352. The summed E-state index contributed by atoms with van der Waals surface area (Å²) in [5.74, 6) is -1.20. The SMILES string of the molecule is COOOC(C)(C)OO. The Balaban J connectivity index is 3.33. The van der Waals surface area contributed by atoms with Gasteiger partial charge in [-0.1, -0.05) is 5.04 Å². The van der Waals surface area contributed by atoms with Crippen LogP contribution in [0.2, 0.25) is 0 Å². The maximum atomic E-state index is 8.06. The van der Waals surface area contributed by atoms with Crippen molar-refractivity contribution in [2.45, 2.75) is 19.6 Å². The van der Waals surface area contributed by atoms with Crippen LogP contribution in [-0.2, 0) is 19.7 Å². The number of hydrogen-bond acceptors (Lipinski definition) is 5. The molecular weight excluding hydrogens is 128 g/mol. The first kappa shape index (κ1) is 8.80. The first-order valence-electron chi connectivity index (χ1n) is 2.33. The van der Waals surface area contributed by atoms with Gasteiger partial charge in [-0.15, -0.1) is 0 Å². The third kappa shape index (κ3) is 4.31. The summed E-state index contributed by atoms with van der Waals surface area (Å²) >= 11 is 0. The van der Waals surface area contributed by atoms with Crippen LogP contribution in [0.1, 0.15) is 13.8 Å². The molecule has 0 radical (unpaired) electrons. The van der Waals surface area contributed by atoms with Crippen LogP contribution in [0, 0.1) is 0 Å². The molecule has 0 aliphatic heterocycles. The summed E-state index contributed by atoms with van der Waals surface area (Å²) in [6, 6.07) is 0. The normalized spacial score (nSPS) is 12.0. The van der Waals surface area contributed by atoms with Crippen molar-refractivity contribution in [1.82, 2.24) is 0 Å². The van der Waals surface area contributed by atoms with Gasteiger partial charge in [0.15, 0.2) is 0 Å². The van der Waals surface area contributed by atoms with Crippen molar-refractivity contribution in [2.75, 3.05) is 7.11 Å². The first-order valence-corrected chi connectivity index (χ1v) is 2.33. The molecule has 0 unspecified atom stereocenters. The van der Waals surface area contributed by atoms with E-state index in [1.807, 2.05) is 0 Å². The van der Waals surface area contributed by atoms with E-state index in [0.29, 0.717) is 0 Å². The van der Waals surface area contributed by atoms with Gasteiger partial charge in [0.2, 0.25) is 5.79 Å². The van der Waals surface area contributed by atoms with Crippen LogP contribution in [-0.4, -0.2) is 18.2 Å². The van der Waals surface area contributed by atoms with Crippen LogP contribution in [0.15, 0.2) is 0 Å². The maximum absolute atomic E-state index is 8.06. The molecule has 0 aliphatic rings. The summed E-state index contributed by atoms with van der Waals surface area (Å²) in [7, 11) is 1.27. The van der Waals surface area contributed by atoms with Gasteiger partial charge in [-0.3, -0.25) is 0 Å². The molecule has 0 amide bonds. The Kier molecular flexibility index (Phi) is 3.67. The Morgan fingerprint density at radius 1 is 1.33 bits per heavy atom. The number of hydrogen-bond donors (Lipinski definition) is 1. The molecule has 0 atom stereocenters. The van der Waals surface area contributed by atoms with Gasteiger partial charge in [-0.25, -0.2) is 15.0 Å². The zero-order valence-corrected chi connectivity index (χ0v) is 5.58. The van der Waals surface area contributed by atoms with Crippen molar-refractivity contribution in [3.8, 4) is 0 Å². The lowest BCUT2D eigenvalue weighted by molar-refractivity contribution is -0.586. The van der Waals surface area contributed by atoms with Crippen molar-refractivity contribution in [1.29, 1.82) is 0 Å². The summed E-state index contributed by atoms with van der Waals surface area (Å²) in [6.07, 6.45) is 0. The largest absolute Gasteiger partial charge is 0.249 e. The topological polar surface area (TPSA) is 57.2 Å². The van der Waals surface area contributed by atoms with Crippen molar-refractivity contribution in [3.63, 3.8) is 0 Å². The molecule has 9 heavy (non-hydrogen) atoms. The highest BCUT2D eigenvalue weighted by Gasteiger charge is 2.20. The lowest BCUT2D eigenvalue weighted by Crippen LogP contribution is -2.26. The lowest BCUT2D eigenvalue weighted by Gasteiger charge is -2.16. The maximum Gasteiger partial charge on any atom is 0.231 e. The van der Waals surface area contributed by atoms with Crippen molar-refractivity contribution in [3.05, 3.63) is 0 Å². The molecule has 0 aromatic heterocycles. The molecule has 0 spiro atoms. The Labute approximate surface area is 52.9 Å². The van der Waals surface area contributed by atoms with E-state index < -0.39 is 5.79 Å². The van der Waals surface area contributed by atoms with E-state index in [-0.39, 0.29) is 0 Å². The second kappa shape index (κ2) is 3.76. The van der Waals surface area contributed by atoms with Crippen molar-refractivity contribution in [2.24, 2.45) is 0 Å². The average molecular weight is 138 g/mol. The third-order valence-electron chi connectivity index (χ3n) is 0.523. The summed E-state index contributed by atoms with van der Waals surface area (Å²) in [6.45, 7) is 2.90. The van der Waals surface area contributed by atoms with E-state index in [1.54, 1.807) is 0 Å². The van der Waals surface area contributed by atoms with E-state index in [4.69, 9.17) is 5.26 Å². The summed E-state index contributed by atoms with van der Waals surface area (Å²) in [5.41, 5.74) is 0. The van der Waals surface area contributed by atoms with Gasteiger partial charge >= 0.3 is 0 Å².